The summed E-state index contributed by atoms with van der Waals surface area (Å²) >= 11 is 0. The molecular formula is C18H14N2O4. The van der Waals surface area contributed by atoms with Crippen molar-refractivity contribution in [2.45, 2.75) is 6.92 Å². The van der Waals surface area contributed by atoms with Crippen LogP contribution in [0, 0.1) is 6.92 Å². The van der Waals surface area contributed by atoms with E-state index in [1.165, 1.54) is 12.1 Å². The molecule has 0 saturated heterocycles. The molecule has 3 aromatic rings. The lowest BCUT2D eigenvalue weighted by Crippen LogP contribution is -1.94. The van der Waals surface area contributed by atoms with Crippen LogP contribution in [0.5, 0.6) is 11.5 Å². The first-order chi connectivity index (χ1) is 11.5. The van der Waals surface area contributed by atoms with Crippen molar-refractivity contribution in [3.63, 3.8) is 0 Å². The maximum atomic E-state index is 10.9. The molecule has 0 heterocycles. The molecule has 0 aliphatic carbocycles. The molecule has 3 aromatic carbocycles. The molecular weight excluding hydrogens is 308 g/mol. The molecule has 0 bridgehead atoms. The van der Waals surface area contributed by atoms with Gasteiger partial charge < -0.3 is 15.3 Å². The zero-order valence-corrected chi connectivity index (χ0v) is 12.8. The fourth-order valence-electron chi connectivity index (χ4n) is 2.38. The van der Waals surface area contributed by atoms with Crippen LogP contribution in [0.2, 0.25) is 0 Å². The van der Waals surface area contributed by atoms with Crippen molar-refractivity contribution < 1.29 is 20.1 Å². The van der Waals surface area contributed by atoms with Crippen LogP contribution in [0.15, 0.2) is 58.8 Å². The van der Waals surface area contributed by atoms with E-state index in [9.17, 15) is 15.0 Å². The van der Waals surface area contributed by atoms with Crippen LogP contribution in [0.1, 0.15) is 15.9 Å². The van der Waals surface area contributed by atoms with Gasteiger partial charge in [-0.05, 0) is 48.2 Å². The Balaban J connectivity index is 2.06. The summed E-state index contributed by atoms with van der Waals surface area (Å²) in [5, 5.41) is 38.3. The van der Waals surface area contributed by atoms with E-state index in [0.29, 0.717) is 5.69 Å². The van der Waals surface area contributed by atoms with Gasteiger partial charge in [0.15, 0.2) is 0 Å². The standard InChI is InChI=1S/C18H14N2O4/c1-10-2-3-11-4-6-13(21)9-14(11)17(10)20-19-15-7-5-12(18(23)24)8-16(15)22/h2-9,21-22H,1H3,(H,23,24). The Morgan fingerprint density at radius 3 is 2.42 bits per heavy atom. The number of carboxylic acids is 1. The van der Waals surface area contributed by atoms with E-state index in [4.69, 9.17) is 5.11 Å². The average Bonchev–Trinajstić information content (AvgIpc) is 2.54. The Hall–Kier alpha value is -3.41. The number of nitrogens with zero attached hydrogens (tertiary/aromatic N) is 2. The smallest absolute Gasteiger partial charge is 0.335 e. The summed E-state index contributed by atoms with van der Waals surface area (Å²) in [6.07, 6.45) is 0. The highest BCUT2D eigenvalue weighted by molar-refractivity contribution is 5.95. The molecule has 24 heavy (non-hydrogen) atoms. The molecule has 120 valence electrons. The van der Waals surface area contributed by atoms with E-state index in [1.807, 2.05) is 19.1 Å². The minimum absolute atomic E-state index is 0.0299. The van der Waals surface area contributed by atoms with E-state index in [2.05, 4.69) is 10.2 Å². The van der Waals surface area contributed by atoms with Crippen molar-refractivity contribution in [2.24, 2.45) is 10.2 Å². The summed E-state index contributed by atoms with van der Waals surface area (Å²) in [6.45, 7) is 1.87. The maximum absolute atomic E-state index is 10.9. The third-order valence-electron chi connectivity index (χ3n) is 3.66. The lowest BCUT2D eigenvalue weighted by molar-refractivity contribution is 0.0696. The van der Waals surface area contributed by atoms with Crippen LogP contribution in [0.3, 0.4) is 0 Å². The SMILES string of the molecule is Cc1ccc2ccc(O)cc2c1N=Nc1ccc(C(=O)O)cc1O. The number of phenolic OH excluding ortho intramolecular Hbond substituents is 2. The highest BCUT2D eigenvalue weighted by atomic mass is 16.4. The van der Waals surface area contributed by atoms with Gasteiger partial charge in [0.1, 0.15) is 17.2 Å². The Bertz CT molecular complexity index is 975. The Morgan fingerprint density at radius 1 is 0.958 bits per heavy atom. The summed E-state index contributed by atoms with van der Waals surface area (Å²) in [5.74, 6) is -1.27. The second-order valence-electron chi connectivity index (χ2n) is 5.35. The fraction of sp³-hybridized carbons (Fsp3) is 0.0556. The number of rotatable bonds is 3. The summed E-state index contributed by atoms with van der Waals surface area (Å²) in [5.41, 5.74) is 1.57. The molecule has 0 aliphatic rings. The highest BCUT2D eigenvalue weighted by Gasteiger charge is 2.09. The number of hydrogen-bond acceptors (Lipinski definition) is 5. The average molecular weight is 322 g/mol. The molecule has 0 amide bonds. The quantitative estimate of drug-likeness (QED) is 0.609. The van der Waals surface area contributed by atoms with Crippen molar-refractivity contribution in [2.75, 3.05) is 0 Å². The van der Waals surface area contributed by atoms with Gasteiger partial charge in [-0.3, -0.25) is 0 Å². The topological polar surface area (TPSA) is 102 Å². The number of azo groups is 1. The molecule has 0 aliphatic heterocycles. The first kappa shape index (κ1) is 15.5. The molecule has 6 nitrogen and oxygen atoms in total. The monoisotopic (exact) mass is 322 g/mol. The van der Waals surface area contributed by atoms with Gasteiger partial charge in [-0.2, -0.15) is 0 Å². The van der Waals surface area contributed by atoms with Crippen molar-refractivity contribution in [3.8, 4) is 11.5 Å². The van der Waals surface area contributed by atoms with Gasteiger partial charge in [0.2, 0.25) is 0 Å². The van der Waals surface area contributed by atoms with Crippen molar-refractivity contribution >= 4 is 28.1 Å². The van der Waals surface area contributed by atoms with E-state index in [0.717, 1.165) is 22.4 Å². The number of benzene rings is 3. The minimum atomic E-state index is -1.13. The molecule has 0 saturated carbocycles. The lowest BCUT2D eigenvalue weighted by atomic mass is 10.0. The van der Waals surface area contributed by atoms with Crippen LogP contribution in [0.4, 0.5) is 11.4 Å². The number of carbonyl (C=O) groups is 1. The maximum Gasteiger partial charge on any atom is 0.335 e. The van der Waals surface area contributed by atoms with Gasteiger partial charge in [-0.1, -0.05) is 18.2 Å². The number of aryl methyl sites for hydroxylation is 1. The molecule has 0 fully saturated rings. The summed E-state index contributed by atoms with van der Waals surface area (Å²) in [6, 6.07) is 12.6. The van der Waals surface area contributed by atoms with Crippen LogP contribution in [-0.4, -0.2) is 21.3 Å². The number of carboxylic acid groups (broad SMARTS) is 1. The number of fused-ring (bicyclic) bond motifs is 1. The van der Waals surface area contributed by atoms with Gasteiger partial charge in [0, 0.05) is 5.39 Å². The minimum Gasteiger partial charge on any atom is -0.508 e. The Labute approximate surface area is 137 Å². The van der Waals surface area contributed by atoms with Crippen LogP contribution >= 0.6 is 0 Å². The van der Waals surface area contributed by atoms with Gasteiger partial charge in [-0.25, -0.2) is 4.79 Å². The zero-order chi connectivity index (χ0) is 17.3. The van der Waals surface area contributed by atoms with Gasteiger partial charge in [0.05, 0.1) is 11.3 Å². The third-order valence-corrected chi connectivity index (χ3v) is 3.66. The summed E-state index contributed by atoms with van der Waals surface area (Å²) < 4.78 is 0. The third kappa shape index (κ3) is 2.89. The molecule has 3 rings (SSSR count). The first-order valence-corrected chi connectivity index (χ1v) is 7.16. The number of hydrogen-bond donors (Lipinski definition) is 3. The van der Waals surface area contributed by atoms with Gasteiger partial charge in [-0.15, -0.1) is 10.2 Å². The zero-order valence-electron chi connectivity index (χ0n) is 12.8. The second-order valence-corrected chi connectivity index (χ2v) is 5.35. The lowest BCUT2D eigenvalue weighted by Gasteiger charge is -2.06. The van der Waals surface area contributed by atoms with Crippen molar-refractivity contribution in [1.29, 1.82) is 0 Å². The number of aromatic hydroxyl groups is 2. The highest BCUT2D eigenvalue weighted by Crippen LogP contribution is 2.35. The molecule has 0 radical (unpaired) electrons. The molecule has 0 aromatic heterocycles. The van der Waals surface area contributed by atoms with Crippen LogP contribution < -0.4 is 0 Å². The van der Waals surface area contributed by atoms with E-state index in [1.54, 1.807) is 18.2 Å². The normalized spacial score (nSPS) is 11.2. The fourth-order valence-corrected chi connectivity index (χ4v) is 2.38. The van der Waals surface area contributed by atoms with Crippen molar-refractivity contribution in [3.05, 3.63) is 59.7 Å². The largest absolute Gasteiger partial charge is 0.508 e. The van der Waals surface area contributed by atoms with E-state index >= 15 is 0 Å². The Kier molecular flexibility index (Phi) is 3.87. The summed E-state index contributed by atoms with van der Waals surface area (Å²) in [4.78, 5) is 10.9. The number of aromatic carboxylic acids is 1. The molecule has 0 atom stereocenters. The van der Waals surface area contributed by atoms with E-state index in [-0.39, 0.29) is 22.7 Å². The Morgan fingerprint density at radius 2 is 1.71 bits per heavy atom. The predicted octanol–water partition coefficient (Wildman–Crippen LogP) is 4.67. The van der Waals surface area contributed by atoms with Crippen LogP contribution in [0.25, 0.3) is 10.8 Å². The van der Waals surface area contributed by atoms with Gasteiger partial charge >= 0.3 is 5.97 Å². The van der Waals surface area contributed by atoms with Crippen molar-refractivity contribution in [1.82, 2.24) is 0 Å². The predicted molar refractivity (Wildman–Crippen MR) is 89.6 cm³/mol. The molecule has 0 unspecified atom stereocenters. The first-order valence-electron chi connectivity index (χ1n) is 7.16. The van der Waals surface area contributed by atoms with Gasteiger partial charge in [0.25, 0.3) is 0 Å². The summed E-state index contributed by atoms with van der Waals surface area (Å²) in [7, 11) is 0. The molecule has 0 spiro atoms. The number of phenols is 2. The molecule has 3 N–H and O–H groups in total. The van der Waals surface area contributed by atoms with Crippen LogP contribution in [-0.2, 0) is 0 Å². The van der Waals surface area contributed by atoms with E-state index < -0.39 is 5.97 Å². The second kappa shape index (κ2) is 6.00. The molecule has 6 heteroatoms.